The smallest absolute Gasteiger partial charge is 0.332 e. The molecule has 2 atom stereocenters. The summed E-state index contributed by atoms with van der Waals surface area (Å²) in [4.78, 5) is 1.98. The van der Waals surface area contributed by atoms with Crippen molar-refractivity contribution in [3.8, 4) is 0 Å². The van der Waals surface area contributed by atoms with Crippen molar-refractivity contribution in [1.29, 1.82) is 0 Å². The Morgan fingerprint density at radius 3 is 2.47 bits per heavy atom. The van der Waals surface area contributed by atoms with Gasteiger partial charge in [-0.05, 0) is 14.1 Å². The maximum atomic E-state index is 9.03. The third-order valence-corrected chi connectivity index (χ3v) is 2.52. The lowest BCUT2D eigenvalue weighted by Crippen LogP contribution is -2.20. The topological polar surface area (TPSA) is 71.4 Å². The highest BCUT2D eigenvalue weighted by atomic mass is 31.2. The Bertz CT molecular complexity index is 149. The maximum Gasteiger partial charge on any atom is 0.332 e. The van der Waals surface area contributed by atoms with Gasteiger partial charge >= 0.3 is 8.60 Å². The first-order valence-corrected chi connectivity index (χ1v) is 5.73. The van der Waals surface area contributed by atoms with Gasteiger partial charge < -0.3 is 28.7 Å². The zero-order chi connectivity index (χ0) is 11.7. The molecule has 0 amide bonds. The quantitative estimate of drug-likeness (QED) is 0.545. The van der Waals surface area contributed by atoms with Crippen molar-refractivity contribution in [3.63, 3.8) is 0 Å². The number of aliphatic hydroxyl groups is 2. The summed E-state index contributed by atoms with van der Waals surface area (Å²) in [5.74, 6) is 0. The zero-order valence-electron chi connectivity index (χ0n) is 9.42. The largest absolute Gasteiger partial charge is 0.394 e. The molecule has 2 unspecified atom stereocenters. The summed E-state index contributed by atoms with van der Waals surface area (Å²) in [7, 11) is 3.93. The lowest BCUT2D eigenvalue weighted by molar-refractivity contribution is 0.0432. The van der Waals surface area contributed by atoms with Gasteiger partial charge in [0.25, 0.3) is 0 Å². The Morgan fingerprint density at radius 2 is 2.00 bits per heavy atom. The van der Waals surface area contributed by atoms with E-state index in [0.717, 1.165) is 6.54 Å². The number of aliphatic hydroxyl groups excluding tert-OH is 2. The van der Waals surface area contributed by atoms with E-state index in [4.69, 9.17) is 23.8 Å². The van der Waals surface area contributed by atoms with E-state index in [1.165, 1.54) is 7.11 Å². The van der Waals surface area contributed by atoms with E-state index >= 15 is 0 Å². The molecule has 0 saturated heterocycles. The zero-order valence-corrected chi connectivity index (χ0v) is 10.3. The Labute approximate surface area is 91.7 Å². The molecule has 15 heavy (non-hydrogen) atoms. The van der Waals surface area contributed by atoms with Gasteiger partial charge in [-0.2, -0.15) is 0 Å². The summed E-state index contributed by atoms with van der Waals surface area (Å²) in [6.07, 6.45) is -0.886. The Morgan fingerprint density at radius 1 is 1.33 bits per heavy atom. The van der Waals surface area contributed by atoms with E-state index in [9.17, 15) is 0 Å². The van der Waals surface area contributed by atoms with Crippen molar-refractivity contribution in [2.45, 2.75) is 6.10 Å². The summed E-state index contributed by atoms with van der Waals surface area (Å²) in [5, 5.41) is 17.6. The van der Waals surface area contributed by atoms with Crippen LogP contribution >= 0.6 is 8.60 Å². The van der Waals surface area contributed by atoms with E-state index in [-0.39, 0.29) is 13.2 Å². The first-order valence-electron chi connectivity index (χ1n) is 4.63. The van der Waals surface area contributed by atoms with Gasteiger partial charge in [0.2, 0.25) is 0 Å². The summed E-state index contributed by atoms with van der Waals surface area (Å²) in [6.45, 7) is 0.957. The molecule has 6 nitrogen and oxygen atoms in total. The van der Waals surface area contributed by atoms with Gasteiger partial charge in [0.05, 0.1) is 19.8 Å². The van der Waals surface area contributed by atoms with Crippen LogP contribution in [-0.4, -0.2) is 68.8 Å². The molecule has 0 heterocycles. The molecule has 2 N–H and O–H groups in total. The number of rotatable bonds is 9. The average molecular weight is 241 g/mol. The molecule has 0 bridgehead atoms. The molecular formula is C8H20NO5P. The summed E-state index contributed by atoms with van der Waals surface area (Å²) in [5.41, 5.74) is 0. The molecule has 0 radical (unpaired) electrons. The second-order valence-electron chi connectivity index (χ2n) is 3.17. The minimum absolute atomic E-state index is 0.0119. The fourth-order valence-electron chi connectivity index (χ4n) is 0.640. The highest BCUT2D eigenvalue weighted by Gasteiger charge is 2.13. The van der Waals surface area contributed by atoms with Crippen LogP contribution in [0.1, 0.15) is 0 Å². The van der Waals surface area contributed by atoms with E-state index in [0.29, 0.717) is 6.61 Å². The average Bonchev–Trinajstić information content (AvgIpc) is 2.22. The molecule has 0 fully saturated rings. The second-order valence-corrected chi connectivity index (χ2v) is 4.50. The lowest BCUT2D eigenvalue weighted by Gasteiger charge is -2.17. The van der Waals surface area contributed by atoms with Gasteiger partial charge in [-0.15, -0.1) is 0 Å². The third kappa shape index (κ3) is 9.14. The van der Waals surface area contributed by atoms with Gasteiger partial charge in [-0.3, -0.25) is 0 Å². The number of hydrogen-bond acceptors (Lipinski definition) is 6. The van der Waals surface area contributed by atoms with Crippen molar-refractivity contribution >= 4 is 8.60 Å². The molecule has 0 aromatic heterocycles. The normalized spacial score (nSPS) is 15.6. The fraction of sp³-hybridized carbons (Fsp3) is 1.00. The summed E-state index contributed by atoms with van der Waals surface area (Å²) in [6, 6.07) is 0. The molecule has 0 rings (SSSR count). The molecule has 0 aliphatic heterocycles. The van der Waals surface area contributed by atoms with Crippen LogP contribution in [0.25, 0.3) is 0 Å². The van der Waals surface area contributed by atoms with E-state index in [1.54, 1.807) is 0 Å². The number of likely N-dealkylation sites (N-methyl/N-ethyl adjacent to an activating group) is 1. The monoisotopic (exact) mass is 241 g/mol. The Balaban J connectivity index is 3.54. The van der Waals surface area contributed by atoms with Crippen LogP contribution < -0.4 is 0 Å². The van der Waals surface area contributed by atoms with Gasteiger partial charge in [0, 0.05) is 13.7 Å². The molecule has 0 aliphatic rings. The van der Waals surface area contributed by atoms with Crippen molar-refractivity contribution in [2.24, 2.45) is 0 Å². The van der Waals surface area contributed by atoms with Crippen LogP contribution in [0, 0.1) is 0 Å². The van der Waals surface area contributed by atoms with Crippen LogP contribution in [0.4, 0.5) is 0 Å². The van der Waals surface area contributed by atoms with Crippen molar-refractivity contribution in [2.75, 3.05) is 47.6 Å². The molecule has 92 valence electrons. The fourth-order valence-corrected chi connectivity index (χ4v) is 1.45. The van der Waals surface area contributed by atoms with Crippen LogP contribution in [0.3, 0.4) is 0 Å². The van der Waals surface area contributed by atoms with Crippen molar-refractivity contribution in [1.82, 2.24) is 4.90 Å². The Kier molecular flexibility index (Phi) is 9.54. The van der Waals surface area contributed by atoms with Crippen LogP contribution in [0.2, 0.25) is 0 Å². The van der Waals surface area contributed by atoms with E-state index < -0.39 is 14.7 Å². The molecule has 0 spiro atoms. The minimum Gasteiger partial charge on any atom is -0.394 e. The molecule has 7 heteroatoms. The molecule has 0 aromatic carbocycles. The number of nitrogens with zero attached hydrogens (tertiary/aromatic N) is 1. The summed E-state index contributed by atoms with van der Waals surface area (Å²) >= 11 is 0. The highest BCUT2D eigenvalue weighted by Crippen LogP contribution is 2.38. The third-order valence-electron chi connectivity index (χ3n) is 1.47. The van der Waals surface area contributed by atoms with Crippen molar-refractivity contribution in [3.05, 3.63) is 0 Å². The highest BCUT2D eigenvalue weighted by molar-refractivity contribution is 7.41. The lowest BCUT2D eigenvalue weighted by atomic mass is 10.4. The predicted molar refractivity (Wildman–Crippen MR) is 57.5 cm³/mol. The van der Waals surface area contributed by atoms with Crippen molar-refractivity contribution < 1.29 is 23.8 Å². The minimum atomic E-state index is -1.43. The molecule has 0 aromatic rings. The predicted octanol–water partition coefficient (Wildman–Crippen LogP) is -0.192. The standard InChI is InChI=1S/C8H20NO5P/c1-9(2)4-5-13-15(12-3)14-7-8(11)6-10/h8,10-11H,4-7H2,1-3H3. The summed E-state index contributed by atoms with van der Waals surface area (Å²) < 4.78 is 15.3. The van der Waals surface area contributed by atoms with Gasteiger partial charge in [-0.25, -0.2) is 0 Å². The first kappa shape index (κ1) is 15.2. The van der Waals surface area contributed by atoms with Gasteiger partial charge in [0.15, 0.2) is 0 Å². The maximum absolute atomic E-state index is 9.03. The van der Waals surface area contributed by atoms with E-state index in [2.05, 4.69) is 0 Å². The second kappa shape index (κ2) is 9.42. The number of hydrogen-bond donors (Lipinski definition) is 2. The van der Waals surface area contributed by atoms with Gasteiger partial charge in [0.1, 0.15) is 6.10 Å². The molecule has 0 aliphatic carbocycles. The Hall–Kier alpha value is 0.190. The van der Waals surface area contributed by atoms with Crippen LogP contribution in [0.5, 0.6) is 0 Å². The van der Waals surface area contributed by atoms with Crippen LogP contribution in [-0.2, 0) is 13.6 Å². The first-order chi connectivity index (χ1) is 7.10. The van der Waals surface area contributed by atoms with E-state index in [1.807, 2.05) is 19.0 Å². The van der Waals surface area contributed by atoms with Crippen LogP contribution in [0.15, 0.2) is 0 Å². The van der Waals surface area contributed by atoms with Gasteiger partial charge in [-0.1, -0.05) is 0 Å². The molecular weight excluding hydrogens is 221 g/mol. The molecule has 0 saturated carbocycles. The SMILES string of the molecule is COP(OCCN(C)C)OCC(O)CO.